The lowest BCUT2D eigenvalue weighted by Crippen LogP contribution is -2.15. The Morgan fingerprint density at radius 2 is 2.05 bits per heavy atom. The Hall–Kier alpha value is -2.28. The predicted molar refractivity (Wildman–Crippen MR) is 75.5 cm³/mol. The minimum Gasteiger partial charge on any atom is -0.326 e. The molecule has 0 aliphatic rings. The summed E-state index contributed by atoms with van der Waals surface area (Å²) < 4.78 is 13.7. The Morgan fingerprint density at radius 1 is 1.30 bits per heavy atom. The van der Waals surface area contributed by atoms with Gasteiger partial charge in [0.2, 0.25) is 5.91 Å². The maximum Gasteiger partial charge on any atom is 0.260 e. The molecule has 0 unspecified atom stereocenters. The third-order valence-corrected chi connectivity index (χ3v) is 3.25. The third-order valence-electron chi connectivity index (χ3n) is 2.37. The number of hydrogen-bond donors (Lipinski definition) is 2. The molecule has 104 valence electrons. The highest BCUT2D eigenvalue weighted by Gasteiger charge is 2.14. The first-order valence-corrected chi connectivity index (χ1v) is 6.64. The molecular formula is C13H12FN3O2S. The summed E-state index contributed by atoms with van der Waals surface area (Å²) in [7, 11) is 0. The Morgan fingerprint density at radius 3 is 2.65 bits per heavy atom. The van der Waals surface area contributed by atoms with Crippen LogP contribution in [0.15, 0.2) is 23.6 Å². The number of thiazole rings is 1. The van der Waals surface area contributed by atoms with Crippen LogP contribution in [0.4, 0.5) is 15.2 Å². The first kappa shape index (κ1) is 14.1. The number of carbonyl (C=O) groups excluding carboxylic acids is 2. The smallest absolute Gasteiger partial charge is 0.260 e. The van der Waals surface area contributed by atoms with Crippen LogP contribution in [0.3, 0.4) is 0 Å². The SMILES string of the molecule is CC(=O)Nc1ccc(F)c(C(=O)Nc2nc(C)cs2)c1. The van der Waals surface area contributed by atoms with Crippen LogP contribution in [0.25, 0.3) is 0 Å². The monoisotopic (exact) mass is 293 g/mol. The second-order valence-electron chi connectivity index (χ2n) is 4.12. The number of anilines is 2. The molecule has 0 aliphatic heterocycles. The minimum absolute atomic E-state index is 0.149. The van der Waals surface area contributed by atoms with Gasteiger partial charge >= 0.3 is 0 Å². The van der Waals surface area contributed by atoms with Crippen LogP contribution in [0.2, 0.25) is 0 Å². The van der Waals surface area contributed by atoms with Crippen molar-refractivity contribution in [1.82, 2.24) is 4.98 Å². The van der Waals surface area contributed by atoms with Crippen LogP contribution in [0, 0.1) is 12.7 Å². The fraction of sp³-hybridized carbons (Fsp3) is 0.154. The highest BCUT2D eigenvalue weighted by atomic mass is 32.1. The molecule has 1 aromatic heterocycles. The lowest BCUT2D eigenvalue weighted by atomic mass is 10.1. The van der Waals surface area contributed by atoms with Crippen molar-refractivity contribution < 1.29 is 14.0 Å². The number of hydrogen-bond acceptors (Lipinski definition) is 4. The van der Waals surface area contributed by atoms with Crippen LogP contribution in [-0.4, -0.2) is 16.8 Å². The lowest BCUT2D eigenvalue weighted by molar-refractivity contribution is -0.114. The number of nitrogens with one attached hydrogen (secondary N) is 2. The second-order valence-corrected chi connectivity index (χ2v) is 4.98. The standard InChI is InChI=1S/C13H12FN3O2S/c1-7-6-20-13(15-7)17-12(19)10-5-9(16-8(2)18)3-4-11(10)14/h3-6H,1-2H3,(H,16,18)(H,15,17,19). The van der Waals surface area contributed by atoms with Gasteiger partial charge in [0.1, 0.15) is 5.82 Å². The molecule has 1 heterocycles. The summed E-state index contributed by atoms with van der Waals surface area (Å²) in [5.74, 6) is -1.56. The number of benzene rings is 1. The molecule has 2 rings (SSSR count). The molecule has 0 radical (unpaired) electrons. The average Bonchev–Trinajstić information content (AvgIpc) is 2.76. The number of aromatic nitrogens is 1. The molecule has 5 nitrogen and oxygen atoms in total. The van der Waals surface area contributed by atoms with E-state index in [-0.39, 0.29) is 11.5 Å². The summed E-state index contributed by atoms with van der Waals surface area (Å²) in [6.07, 6.45) is 0. The van der Waals surface area contributed by atoms with E-state index in [1.165, 1.54) is 30.4 Å². The highest BCUT2D eigenvalue weighted by Crippen LogP contribution is 2.19. The van der Waals surface area contributed by atoms with E-state index in [9.17, 15) is 14.0 Å². The van der Waals surface area contributed by atoms with Gasteiger partial charge in [0.05, 0.1) is 11.3 Å². The van der Waals surface area contributed by atoms with Gasteiger partial charge in [-0.25, -0.2) is 9.37 Å². The molecule has 2 N–H and O–H groups in total. The minimum atomic E-state index is -0.662. The molecule has 0 aliphatic carbocycles. The van der Waals surface area contributed by atoms with Crippen LogP contribution in [-0.2, 0) is 4.79 Å². The van der Waals surface area contributed by atoms with Crippen LogP contribution in [0.1, 0.15) is 23.0 Å². The van der Waals surface area contributed by atoms with Gasteiger partial charge in [0.25, 0.3) is 5.91 Å². The van der Waals surface area contributed by atoms with E-state index in [0.29, 0.717) is 10.8 Å². The van der Waals surface area contributed by atoms with Crippen molar-refractivity contribution in [2.24, 2.45) is 0 Å². The van der Waals surface area contributed by atoms with Crippen molar-refractivity contribution in [1.29, 1.82) is 0 Å². The normalized spacial score (nSPS) is 10.2. The summed E-state index contributed by atoms with van der Waals surface area (Å²) in [4.78, 5) is 27.0. The fourth-order valence-electron chi connectivity index (χ4n) is 1.56. The molecule has 1 aromatic carbocycles. The van der Waals surface area contributed by atoms with Gasteiger partial charge in [-0.3, -0.25) is 14.9 Å². The molecule has 2 aromatic rings. The molecular weight excluding hydrogens is 281 g/mol. The molecule has 2 amide bonds. The van der Waals surface area contributed by atoms with Gasteiger partial charge in [-0.15, -0.1) is 11.3 Å². The first-order valence-electron chi connectivity index (χ1n) is 5.76. The highest BCUT2D eigenvalue weighted by molar-refractivity contribution is 7.13. The topological polar surface area (TPSA) is 71.1 Å². The van der Waals surface area contributed by atoms with Gasteiger partial charge in [-0.05, 0) is 25.1 Å². The molecule has 0 bridgehead atoms. The lowest BCUT2D eigenvalue weighted by Gasteiger charge is -2.07. The number of carbonyl (C=O) groups is 2. The summed E-state index contributed by atoms with van der Waals surface area (Å²) in [5, 5.41) is 7.19. The Bertz CT molecular complexity index is 669. The van der Waals surface area contributed by atoms with Crippen molar-refractivity contribution in [3.8, 4) is 0 Å². The van der Waals surface area contributed by atoms with Crippen molar-refractivity contribution in [3.05, 3.63) is 40.7 Å². The van der Waals surface area contributed by atoms with Crippen molar-refractivity contribution in [2.45, 2.75) is 13.8 Å². The van der Waals surface area contributed by atoms with E-state index in [1.54, 1.807) is 12.3 Å². The Kier molecular flexibility index (Phi) is 4.09. The molecule has 20 heavy (non-hydrogen) atoms. The fourth-order valence-corrected chi connectivity index (χ4v) is 2.24. The summed E-state index contributed by atoms with van der Waals surface area (Å²) in [6.45, 7) is 3.13. The van der Waals surface area contributed by atoms with E-state index >= 15 is 0 Å². The van der Waals surface area contributed by atoms with Crippen LogP contribution >= 0.6 is 11.3 Å². The maximum absolute atomic E-state index is 13.7. The third kappa shape index (κ3) is 3.39. The van der Waals surface area contributed by atoms with Crippen molar-refractivity contribution in [2.75, 3.05) is 10.6 Å². The number of rotatable bonds is 3. The van der Waals surface area contributed by atoms with E-state index in [2.05, 4.69) is 15.6 Å². The Labute approximate surface area is 118 Å². The summed E-state index contributed by atoms with van der Waals surface area (Å²) in [6, 6.07) is 3.81. The first-order chi connectivity index (χ1) is 9.45. The molecule has 0 fully saturated rings. The van der Waals surface area contributed by atoms with E-state index in [1.807, 2.05) is 0 Å². The zero-order valence-electron chi connectivity index (χ0n) is 10.9. The van der Waals surface area contributed by atoms with Crippen LogP contribution < -0.4 is 10.6 Å². The predicted octanol–water partition coefficient (Wildman–Crippen LogP) is 2.80. The quantitative estimate of drug-likeness (QED) is 0.914. The van der Waals surface area contributed by atoms with Gasteiger partial charge < -0.3 is 5.32 Å². The molecule has 0 atom stereocenters. The zero-order valence-corrected chi connectivity index (χ0v) is 11.7. The van der Waals surface area contributed by atoms with Crippen molar-refractivity contribution >= 4 is 34.0 Å². The number of aryl methyl sites for hydroxylation is 1. The van der Waals surface area contributed by atoms with Crippen LogP contribution in [0.5, 0.6) is 0 Å². The second kappa shape index (κ2) is 5.79. The van der Waals surface area contributed by atoms with Gasteiger partial charge in [-0.2, -0.15) is 0 Å². The van der Waals surface area contributed by atoms with E-state index < -0.39 is 11.7 Å². The molecule has 0 saturated carbocycles. The summed E-state index contributed by atoms with van der Waals surface area (Å²) in [5.41, 5.74) is 0.987. The number of nitrogens with zero attached hydrogens (tertiary/aromatic N) is 1. The van der Waals surface area contributed by atoms with Crippen molar-refractivity contribution in [3.63, 3.8) is 0 Å². The average molecular weight is 293 g/mol. The van der Waals surface area contributed by atoms with Gasteiger partial charge in [0, 0.05) is 18.0 Å². The summed E-state index contributed by atoms with van der Waals surface area (Å²) >= 11 is 1.26. The number of amides is 2. The maximum atomic E-state index is 13.7. The van der Waals surface area contributed by atoms with E-state index in [4.69, 9.17) is 0 Å². The largest absolute Gasteiger partial charge is 0.326 e. The number of halogens is 1. The van der Waals surface area contributed by atoms with Gasteiger partial charge in [-0.1, -0.05) is 0 Å². The molecule has 0 spiro atoms. The zero-order chi connectivity index (χ0) is 14.7. The van der Waals surface area contributed by atoms with Gasteiger partial charge in [0.15, 0.2) is 5.13 Å². The Balaban J connectivity index is 2.22. The molecule has 7 heteroatoms. The van der Waals surface area contributed by atoms with E-state index in [0.717, 1.165) is 11.8 Å². The molecule has 0 saturated heterocycles.